The highest BCUT2D eigenvalue weighted by molar-refractivity contribution is 7.89. The number of ether oxygens (including phenoxy) is 3. The number of hydrogen-bond donors (Lipinski definition) is 1. The summed E-state index contributed by atoms with van der Waals surface area (Å²) in [7, 11) is 0.325. The summed E-state index contributed by atoms with van der Waals surface area (Å²) in [6, 6.07) is 10.9. The number of amides is 1. The van der Waals surface area contributed by atoms with Crippen LogP contribution in [0.4, 0.5) is 5.69 Å². The molecule has 1 fully saturated rings. The molecular weight excluding hydrogens is 436 g/mol. The Morgan fingerprint density at radius 3 is 2.44 bits per heavy atom. The van der Waals surface area contributed by atoms with E-state index in [0.717, 1.165) is 0 Å². The predicted octanol–water partition coefficient (Wildman–Crippen LogP) is 2.53. The van der Waals surface area contributed by atoms with Gasteiger partial charge in [0.1, 0.15) is 0 Å². The third-order valence-corrected chi connectivity index (χ3v) is 7.20. The lowest BCUT2D eigenvalue weighted by atomic mass is 9.98. The lowest BCUT2D eigenvalue weighted by Gasteiger charge is -2.31. The molecule has 3 rings (SSSR count). The average Bonchev–Trinajstić information content (AvgIpc) is 2.83. The number of nitrogens with one attached hydrogen (secondary N) is 1. The van der Waals surface area contributed by atoms with Crippen LogP contribution < -0.4 is 14.8 Å². The van der Waals surface area contributed by atoms with Gasteiger partial charge in [-0.25, -0.2) is 13.2 Å². The van der Waals surface area contributed by atoms with Crippen LogP contribution in [0.3, 0.4) is 0 Å². The van der Waals surface area contributed by atoms with Gasteiger partial charge in [-0.3, -0.25) is 4.79 Å². The first-order valence-electron chi connectivity index (χ1n) is 10.0. The molecule has 1 saturated heterocycles. The van der Waals surface area contributed by atoms with Gasteiger partial charge in [0.25, 0.3) is 0 Å². The molecule has 1 aliphatic rings. The zero-order chi connectivity index (χ0) is 23.3. The molecule has 1 aliphatic heterocycles. The first kappa shape index (κ1) is 23.6. The number of piperidine rings is 1. The van der Waals surface area contributed by atoms with Crippen molar-refractivity contribution in [3.63, 3.8) is 0 Å². The molecule has 0 radical (unpaired) electrons. The van der Waals surface area contributed by atoms with E-state index in [0.29, 0.717) is 36.6 Å². The number of carbonyl (C=O) groups excluding carboxylic acids is 2. The molecule has 1 amide bonds. The normalized spacial score (nSPS) is 16.8. The van der Waals surface area contributed by atoms with E-state index < -0.39 is 21.9 Å². The van der Waals surface area contributed by atoms with Crippen molar-refractivity contribution >= 4 is 27.6 Å². The number of methoxy groups -OCH3 is 3. The van der Waals surface area contributed by atoms with Gasteiger partial charge in [0.05, 0.1) is 43.4 Å². The molecule has 1 atom stereocenters. The average molecular weight is 463 g/mol. The first-order chi connectivity index (χ1) is 15.3. The Balaban J connectivity index is 1.78. The van der Waals surface area contributed by atoms with Gasteiger partial charge in [-0.1, -0.05) is 12.1 Å². The second kappa shape index (κ2) is 10.0. The molecule has 0 saturated carbocycles. The molecule has 1 N–H and O–H groups in total. The van der Waals surface area contributed by atoms with E-state index in [-0.39, 0.29) is 22.9 Å². The number of hydrogen-bond acceptors (Lipinski definition) is 7. The number of esters is 1. The molecule has 1 heterocycles. The van der Waals surface area contributed by atoms with Gasteiger partial charge in [0.15, 0.2) is 11.5 Å². The number of anilines is 1. The van der Waals surface area contributed by atoms with Crippen LogP contribution in [-0.2, 0) is 19.6 Å². The van der Waals surface area contributed by atoms with Gasteiger partial charge in [-0.15, -0.1) is 0 Å². The van der Waals surface area contributed by atoms with Crippen molar-refractivity contribution in [3.8, 4) is 11.5 Å². The van der Waals surface area contributed by atoms with Gasteiger partial charge in [-0.2, -0.15) is 4.31 Å². The minimum absolute atomic E-state index is 0.0307. The van der Waals surface area contributed by atoms with Gasteiger partial charge < -0.3 is 19.5 Å². The van der Waals surface area contributed by atoms with Gasteiger partial charge in [-0.05, 0) is 37.1 Å². The van der Waals surface area contributed by atoms with Crippen LogP contribution in [0.2, 0.25) is 0 Å². The maximum Gasteiger partial charge on any atom is 0.339 e. The topological polar surface area (TPSA) is 111 Å². The fourth-order valence-corrected chi connectivity index (χ4v) is 5.16. The summed E-state index contributed by atoms with van der Waals surface area (Å²) in [5, 5.41) is 2.74. The summed E-state index contributed by atoms with van der Waals surface area (Å²) in [6.45, 7) is 0.335. The zero-order valence-electron chi connectivity index (χ0n) is 18.2. The van der Waals surface area contributed by atoms with Crippen molar-refractivity contribution in [2.75, 3.05) is 39.7 Å². The summed E-state index contributed by atoms with van der Waals surface area (Å²) in [5.41, 5.74) is 0.554. The van der Waals surface area contributed by atoms with Crippen molar-refractivity contribution in [3.05, 3.63) is 48.0 Å². The van der Waals surface area contributed by atoms with E-state index in [4.69, 9.17) is 14.2 Å². The molecule has 32 heavy (non-hydrogen) atoms. The highest BCUT2D eigenvalue weighted by Crippen LogP contribution is 2.32. The zero-order valence-corrected chi connectivity index (χ0v) is 19.0. The van der Waals surface area contributed by atoms with Crippen LogP contribution in [0.25, 0.3) is 0 Å². The van der Waals surface area contributed by atoms with Crippen LogP contribution in [0.1, 0.15) is 23.2 Å². The maximum absolute atomic E-state index is 13.2. The van der Waals surface area contributed by atoms with Crippen LogP contribution in [-0.4, -0.2) is 59.0 Å². The fourth-order valence-electron chi connectivity index (χ4n) is 3.62. The van der Waals surface area contributed by atoms with E-state index in [1.54, 1.807) is 24.3 Å². The van der Waals surface area contributed by atoms with Crippen LogP contribution in [0, 0.1) is 5.92 Å². The summed E-state index contributed by atoms with van der Waals surface area (Å²) in [6.07, 6.45) is 1.06. The third kappa shape index (κ3) is 4.86. The van der Waals surface area contributed by atoms with Gasteiger partial charge >= 0.3 is 5.97 Å². The minimum Gasteiger partial charge on any atom is -0.493 e. The summed E-state index contributed by atoms with van der Waals surface area (Å²) in [5.74, 6) is -0.758. The predicted molar refractivity (Wildman–Crippen MR) is 117 cm³/mol. The highest BCUT2D eigenvalue weighted by Gasteiger charge is 2.34. The number of benzene rings is 2. The molecular formula is C22H26N2O7S. The van der Waals surface area contributed by atoms with E-state index in [1.165, 1.54) is 43.8 Å². The maximum atomic E-state index is 13.2. The Morgan fingerprint density at radius 2 is 1.75 bits per heavy atom. The molecule has 10 heteroatoms. The Labute approximate surface area is 187 Å². The van der Waals surface area contributed by atoms with Gasteiger partial charge in [0.2, 0.25) is 15.9 Å². The Morgan fingerprint density at radius 1 is 1.03 bits per heavy atom. The fraction of sp³-hybridized carbons (Fsp3) is 0.364. The quantitative estimate of drug-likeness (QED) is 0.630. The number of nitrogens with zero attached hydrogens (tertiary/aromatic N) is 1. The molecule has 172 valence electrons. The molecule has 0 unspecified atom stereocenters. The summed E-state index contributed by atoms with van der Waals surface area (Å²) in [4.78, 5) is 24.9. The van der Waals surface area contributed by atoms with E-state index >= 15 is 0 Å². The van der Waals surface area contributed by atoms with Crippen molar-refractivity contribution in [2.24, 2.45) is 5.92 Å². The molecule has 0 spiro atoms. The second-order valence-electron chi connectivity index (χ2n) is 7.25. The lowest BCUT2D eigenvalue weighted by Crippen LogP contribution is -2.43. The van der Waals surface area contributed by atoms with E-state index in [9.17, 15) is 18.0 Å². The monoisotopic (exact) mass is 462 g/mol. The summed E-state index contributed by atoms with van der Waals surface area (Å²) < 4.78 is 42.8. The second-order valence-corrected chi connectivity index (χ2v) is 9.18. The van der Waals surface area contributed by atoms with Crippen LogP contribution in [0.15, 0.2) is 47.4 Å². The van der Waals surface area contributed by atoms with E-state index in [2.05, 4.69) is 5.32 Å². The first-order valence-corrected chi connectivity index (χ1v) is 11.5. The highest BCUT2D eigenvalue weighted by atomic mass is 32.2. The van der Waals surface area contributed by atoms with Crippen molar-refractivity contribution < 1.29 is 32.2 Å². The summed E-state index contributed by atoms with van der Waals surface area (Å²) >= 11 is 0. The van der Waals surface area contributed by atoms with Crippen molar-refractivity contribution in [1.29, 1.82) is 0 Å². The molecule has 9 nitrogen and oxygen atoms in total. The van der Waals surface area contributed by atoms with Crippen molar-refractivity contribution in [2.45, 2.75) is 17.7 Å². The molecule has 0 bridgehead atoms. The minimum atomic E-state index is -3.84. The Bertz CT molecular complexity index is 1100. The smallest absolute Gasteiger partial charge is 0.339 e. The lowest BCUT2D eigenvalue weighted by molar-refractivity contribution is -0.120. The van der Waals surface area contributed by atoms with Crippen LogP contribution in [0.5, 0.6) is 11.5 Å². The molecule has 0 aromatic heterocycles. The third-order valence-electron chi connectivity index (χ3n) is 5.34. The van der Waals surface area contributed by atoms with Crippen LogP contribution >= 0.6 is 0 Å². The number of carbonyl (C=O) groups is 2. The molecule has 2 aromatic rings. The molecule has 2 aromatic carbocycles. The Kier molecular flexibility index (Phi) is 7.37. The van der Waals surface area contributed by atoms with Gasteiger partial charge in [0, 0.05) is 19.2 Å². The molecule has 0 aliphatic carbocycles. The van der Waals surface area contributed by atoms with E-state index in [1.807, 2.05) is 0 Å². The largest absolute Gasteiger partial charge is 0.493 e. The number of rotatable bonds is 7. The standard InChI is InChI=1S/C22H26N2O7S/c1-29-19-11-10-16(13-20(19)30-2)32(27,28)24-12-6-7-15(14-24)21(25)23-18-9-5-4-8-17(18)22(26)31-3/h4-5,8-11,13,15H,6-7,12,14H2,1-3H3,(H,23,25)/t15-/m1/s1. The van der Waals surface area contributed by atoms with Crippen molar-refractivity contribution in [1.82, 2.24) is 4.31 Å². The number of para-hydroxylation sites is 1. The SMILES string of the molecule is COC(=O)c1ccccc1NC(=O)[C@@H]1CCCN(S(=O)(=O)c2ccc(OC)c(OC)c2)C1. The Hall–Kier alpha value is -3.11. The number of sulfonamides is 1.